The van der Waals surface area contributed by atoms with Gasteiger partial charge in [-0.25, -0.2) is 0 Å². The lowest BCUT2D eigenvalue weighted by molar-refractivity contribution is 0.0248. The van der Waals surface area contributed by atoms with Crippen LogP contribution < -0.4 is 5.73 Å². The predicted molar refractivity (Wildman–Crippen MR) is 65.9 cm³/mol. The minimum absolute atomic E-state index is 0.125. The van der Waals surface area contributed by atoms with E-state index in [1.165, 1.54) is 0 Å². The van der Waals surface area contributed by atoms with Gasteiger partial charge in [-0.3, -0.25) is 4.90 Å². The molecule has 0 bridgehead atoms. The Balaban J connectivity index is 4.28. The highest BCUT2D eigenvalue weighted by atomic mass is 16.3. The molecule has 0 radical (unpaired) electrons. The van der Waals surface area contributed by atoms with Crippen molar-refractivity contribution in [3.8, 4) is 0 Å². The fourth-order valence-corrected chi connectivity index (χ4v) is 1.75. The van der Waals surface area contributed by atoms with Gasteiger partial charge in [-0.1, -0.05) is 20.8 Å². The van der Waals surface area contributed by atoms with Crippen LogP contribution in [0.3, 0.4) is 0 Å². The van der Waals surface area contributed by atoms with E-state index in [-0.39, 0.29) is 5.41 Å². The number of hydrogen-bond acceptors (Lipinski definition) is 3. The van der Waals surface area contributed by atoms with E-state index < -0.39 is 5.60 Å². The van der Waals surface area contributed by atoms with Crippen molar-refractivity contribution in [2.75, 3.05) is 26.2 Å². The van der Waals surface area contributed by atoms with Gasteiger partial charge in [0.1, 0.15) is 0 Å². The molecule has 0 aliphatic rings. The van der Waals surface area contributed by atoms with Crippen molar-refractivity contribution >= 4 is 0 Å². The summed E-state index contributed by atoms with van der Waals surface area (Å²) in [6.45, 7) is 13.6. The average molecular weight is 216 g/mol. The molecule has 0 saturated carbocycles. The normalized spacial score (nSPS) is 13.6. The summed E-state index contributed by atoms with van der Waals surface area (Å²) in [5.74, 6) is 0. The maximum absolute atomic E-state index is 9.81. The summed E-state index contributed by atoms with van der Waals surface area (Å²) in [7, 11) is 0. The van der Waals surface area contributed by atoms with Gasteiger partial charge in [0.05, 0.1) is 5.60 Å². The third-order valence-electron chi connectivity index (χ3n) is 2.35. The molecular weight excluding hydrogens is 188 g/mol. The van der Waals surface area contributed by atoms with Crippen LogP contribution in [0.15, 0.2) is 0 Å². The third kappa shape index (κ3) is 7.77. The zero-order valence-electron chi connectivity index (χ0n) is 11.0. The first-order valence-corrected chi connectivity index (χ1v) is 5.85. The van der Waals surface area contributed by atoms with Gasteiger partial charge >= 0.3 is 0 Å². The van der Waals surface area contributed by atoms with E-state index in [9.17, 15) is 5.11 Å². The molecule has 0 atom stereocenters. The van der Waals surface area contributed by atoms with E-state index in [1.807, 2.05) is 13.8 Å². The second-order valence-electron chi connectivity index (χ2n) is 5.89. The smallest absolute Gasteiger partial charge is 0.0718 e. The highest BCUT2D eigenvalue weighted by Gasteiger charge is 2.24. The second-order valence-corrected chi connectivity index (χ2v) is 5.89. The summed E-state index contributed by atoms with van der Waals surface area (Å²) in [5.41, 5.74) is 5.23. The van der Waals surface area contributed by atoms with Crippen LogP contribution in [0.5, 0.6) is 0 Å². The van der Waals surface area contributed by atoms with Gasteiger partial charge in [-0.05, 0) is 38.8 Å². The molecular formula is C12H28N2O. The van der Waals surface area contributed by atoms with Crippen LogP contribution in [0.2, 0.25) is 0 Å². The molecule has 0 amide bonds. The van der Waals surface area contributed by atoms with Crippen molar-refractivity contribution in [3.63, 3.8) is 0 Å². The van der Waals surface area contributed by atoms with Gasteiger partial charge in [-0.15, -0.1) is 0 Å². The van der Waals surface area contributed by atoms with Crippen molar-refractivity contribution < 1.29 is 5.11 Å². The molecule has 3 heteroatoms. The minimum Gasteiger partial charge on any atom is -0.389 e. The van der Waals surface area contributed by atoms with Crippen molar-refractivity contribution in [2.45, 2.75) is 46.6 Å². The zero-order chi connectivity index (χ0) is 12.1. The molecule has 0 aromatic rings. The molecule has 0 aromatic heterocycles. The Hall–Kier alpha value is -0.120. The topological polar surface area (TPSA) is 49.5 Å². The lowest BCUT2D eigenvalue weighted by Crippen LogP contribution is -2.45. The quantitative estimate of drug-likeness (QED) is 0.677. The lowest BCUT2D eigenvalue weighted by Gasteiger charge is -2.35. The van der Waals surface area contributed by atoms with Gasteiger partial charge in [0.25, 0.3) is 0 Å². The summed E-state index contributed by atoms with van der Waals surface area (Å²) < 4.78 is 0. The first-order valence-electron chi connectivity index (χ1n) is 5.85. The van der Waals surface area contributed by atoms with Gasteiger partial charge < -0.3 is 10.8 Å². The Morgan fingerprint density at radius 1 is 1.13 bits per heavy atom. The van der Waals surface area contributed by atoms with Gasteiger partial charge in [0, 0.05) is 13.1 Å². The molecule has 0 fully saturated rings. The highest BCUT2D eigenvalue weighted by Crippen LogP contribution is 2.17. The van der Waals surface area contributed by atoms with E-state index in [4.69, 9.17) is 5.73 Å². The van der Waals surface area contributed by atoms with Gasteiger partial charge in [0.15, 0.2) is 0 Å². The molecule has 0 spiro atoms. The predicted octanol–water partition coefficient (Wildman–Crippen LogP) is 1.45. The Kier molecular flexibility index (Phi) is 5.78. The van der Waals surface area contributed by atoms with Crippen LogP contribution in [-0.2, 0) is 0 Å². The van der Waals surface area contributed by atoms with Crippen LogP contribution >= 0.6 is 0 Å². The fraction of sp³-hybridized carbons (Fsp3) is 1.00. The summed E-state index contributed by atoms with van der Waals surface area (Å²) in [6, 6.07) is 0. The summed E-state index contributed by atoms with van der Waals surface area (Å²) in [4.78, 5) is 2.30. The number of nitrogens with zero attached hydrogens (tertiary/aromatic N) is 1. The van der Waals surface area contributed by atoms with Crippen molar-refractivity contribution in [3.05, 3.63) is 0 Å². The number of hydrogen-bond donors (Lipinski definition) is 2. The average Bonchev–Trinajstić information content (AvgIpc) is 2.01. The number of rotatable bonds is 7. The number of aliphatic hydroxyl groups is 1. The molecule has 0 aliphatic carbocycles. The van der Waals surface area contributed by atoms with E-state index in [1.54, 1.807) is 0 Å². The molecule has 0 aromatic carbocycles. The van der Waals surface area contributed by atoms with Gasteiger partial charge in [-0.2, -0.15) is 0 Å². The molecule has 15 heavy (non-hydrogen) atoms. The first kappa shape index (κ1) is 14.9. The monoisotopic (exact) mass is 216 g/mol. The van der Waals surface area contributed by atoms with Crippen LogP contribution in [0.1, 0.15) is 41.0 Å². The summed E-state index contributed by atoms with van der Waals surface area (Å²) >= 11 is 0. The molecule has 0 aliphatic heterocycles. The van der Waals surface area contributed by atoms with Gasteiger partial charge in [0.2, 0.25) is 0 Å². The van der Waals surface area contributed by atoms with Crippen LogP contribution in [-0.4, -0.2) is 41.8 Å². The maximum Gasteiger partial charge on any atom is 0.0718 e. The minimum atomic E-state index is -0.625. The third-order valence-corrected chi connectivity index (χ3v) is 2.35. The van der Waals surface area contributed by atoms with E-state index >= 15 is 0 Å². The lowest BCUT2D eigenvalue weighted by atomic mass is 9.92. The molecule has 0 heterocycles. The Bertz CT molecular complexity index is 173. The molecule has 0 rings (SSSR count). The van der Waals surface area contributed by atoms with Crippen molar-refractivity contribution in [1.82, 2.24) is 4.90 Å². The van der Waals surface area contributed by atoms with Crippen LogP contribution in [0.25, 0.3) is 0 Å². The molecule has 3 N–H and O–H groups in total. The maximum atomic E-state index is 9.81. The van der Waals surface area contributed by atoms with Crippen LogP contribution in [0.4, 0.5) is 0 Å². The van der Waals surface area contributed by atoms with Crippen molar-refractivity contribution in [2.24, 2.45) is 11.1 Å². The Morgan fingerprint density at radius 3 is 2.00 bits per heavy atom. The second kappa shape index (κ2) is 5.83. The molecule has 0 saturated heterocycles. The highest BCUT2D eigenvalue weighted by molar-refractivity contribution is 4.79. The van der Waals surface area contributed by atoms with E-state index in [0.29, 0.717) is 13.1 Å². The standard InChI is InChI=1S/C12H28N2O/c1-6-7-14(10-12(4,5)15)9-11(2,3)8-13/h15H,6-10,13H2,1-5H3. The van der Waals surface area contributed by atoms with E-state index in [0.717, 1.165) is 19.5 Å². The van der Waals surface area contributed by atoms with Crippen molar-refractivity contribution in [1.29, 1.82) is 0 Å². The zero-order valence-corrected chi connectivity index (χ0v) is 11.0. The van der Waals surface area contributed by atoms with Crippen LogP contribution in [0, 0.1) is 5.41 Å². The molecule has 3 nitrogen and oxygen atoms in total. The summed E-state index contributed by atoms with van der Waals surface area (Å²) in [6.07, 6.45) is 1.11. The SMILES string of the molecule is CCCN(CC(C)(C)O)CC(C)(C)CN. The molecule has 0 unspecified atom stereocenters. The Labute approximate surface area is 94.6 Å². The fourth-order valence-electron chi connectivity index (χ4n) is 1.75. The largest absolute Gasteiger partial charge is 0.389 e. The first-order chi connectivity index (χ1) is 6.70. The molecule has 92 valence electrons. The Morgan fingerprint density at radius 2 is 1.67 bits per heavy atom. The van der Waals surface area contributed by atoms with E-state index in [2.05, 4.69) is 25.7 Å². The summed E-state index contributed by atoms with van der Waals surface area (Å²) in [5, 5.41) is 9.81. The number of nitrogens with two attached hydrogens (primary N) is 1.